The number of fused-ring (bicyclic) bond motifs is 1. The first-order valence-corrected chi connectivity index (χ1v) is 9.94. The number of aromatic nitrogens is 1. The van der Waals surface area contributed by atoms with Crippen molar-refractivity contribution in [1.82, 2.24) is 9.99 Å². The van der Waals surface area contributed by atoms with Gasteiger partial charge in [-0.1, -0.05) is 17.4 Å². The number of hydrogen-bond acceptors (Lipinski definition) is 3. The summed E-state index contributed by atoms with van der Waals surface area (Å²) in [7, 11) is 1.79. The second-order valence-corrected chi connectivity index (χ2v) is 9.29. The number of aryl methyl sites for hydroxylation is 1. The summed E-state index contributed by atoms with van der Waals surface area (Å²) in [4.78, 5) is 13.6. The minimum absolute atomic E-state index is 0.0736. The van der Waals surface area contributed by atoms with Crippen LogP contribution >= 0.6 is 11.3 Å². The molecule has 4 aliphatic carbocycles. The van der Waals surface area contributed by atoms with Crippen molar-refractivity contribution in [2.45, 2.75) is 38.5 Å². The molecule has 6 heteroatoms. The number of para-hydroxylation sites is 1. The largest absolute Gasteiger partial charge is 0.316 e. The molecule has 1 aromatic heterocycles. The molecule has 25 heavy (non-hydrogen) atoms. The van der Waals surface area contributed by atoms with Crippen LogP contribution in [0.4, 0.5) is 4.39 Å². The first kappa shape index (κ1) is 15.6. The molecule has 4 bridgehead atoms. The Morgan fingerprint density at radius 2 is 1.88 bits per heavy atom. The molecule has 1 amide bonds. The molecule has 4 aliphatic rings. The first-order chi connectivity index (χ1) is 12.0. The fourth-order valence-corrected chi connectivity index (χ4v) is 6.86. The highest BCUT2D eigenvalue weighted by Gasteiger charge is 2.54. The molecule has 0 spiro atoms. The normalized spacial score (nSPS) is 34.0. The van der Waals surface area contributed by atoms with Crippen molar-refractivity contribution < 1.29 is 9.18 Å². The average molecular weight is 359 g/mol. The molecule has 4 nitrogen and oxygen atoms in total. The van der Waals surface area contributed by atoms with E-state index in [9.17, 15) is 9.18 Å². The smallest absolute Gasteiger partial charge is 0.246 e. The minimum Gasteiger partial charge on any atom is -0.316 e. The van der Waals surface area contributed by atoms with Crippen LogP contribution in [0.1, 0.15) is 38.5 Å². The van der Waals surface area contributed by atoms with Crippen molar-refractivity contribution in [1.29, 1.82) is 0 Å². The summed E-state index contributed by atoms with van der Waals surface area (Å²) >= 11 is 1.40. The van der Waals surface area contributed by atoms with E-state index in [0.29, 0.717) is 10.3 Å². The second kappa shape index (κ2) is 5.40. The maximum atomic E-state index is 14.0. The molecule has 0 aliphatic heterocycles. The van der Waals surface area contributed by atoms with E-state index in [-0.39, 0.29) is 17.1 Å². The van der Waals surface area contributed by atoms with Gasteiger partial charge in [-0.15, -0.1) is 5.10 Å². The Balaban J connectivity index is 1.45. The van der Waals surface area contributed by atoms with E-state index in [1.807, 2.05) is 6.07 Å². The zero-order valence-corrected chi connectivity index (χ0v) is 15.1. The minimum atomic E-state index is -0.259. The Kier molecular flexibility index (Phi) is 3.36. The number of carbonyl (C=O) groups is 1. The van der Waals surface area contributed by atoms with Gasteiger partial charge in [-0.05, 0) is 68.4 Å². The summed E-state index contributed by atoms with van der Waals surface area (Å²) in [5.41, 5.74) is 3.16. The molecule has 1 aromatic carbocycles. The number of nitrogens with one attached hydrogen (secondary N) is 1. The first-order valence-electron chi connectivity index (χ1n) is 9.12. The summed E-state index contributed by atoms with van der Waals surface area (Å²) in [6.45, 7) is 0. The van der Waals surface area contributed by atoms with Gasteiger partial charge in [-0.25, -0.2) is 9.82 Å². The number of halogens is 1. The Bertz CT molecular complexity index is 893. The standard InChI is InChI=1S/C19H22FN3OS/c1-23-16-14(20)3-2-4-15(16)25-18(23)22-21-17(24)19-8-11-5-12(9-19)7-13(6-11)10-19/h2-4,11-13H,5-10H2,1H3,(H,21,24)/b22-18+. The Morgan fingerprint density at radius 1 is 1.24 bits per heavy atom. The van der Waals surface area contributed by atoms with Gasteiger partial charge in [0.25, 0.3) is 0 Å². The van der Waals surface area contributed by atoms with Crippen LogP contribution in [0.15, 0.2) is 23.3 Å². The van der Waals surface area contributed by atoms with E-state index in [4.69, 9.17) is 0 Å². The molecule has 1 heterocycles. The van der Waals surface area contributed by atoms with Gasteiger partial charge in [0.1, 0.15) is 5.82 Å². The van der Waals surface area contributed by atoms with Gasteiger partial charge >= 0.3 is 0 Å². The lowest BCUT2D eigenvalue weighted by Gasteiger charge is -2.55. The molecule has 6 rings (SSSR count). The van der Waals surface area contributed by atoms with Gasteiger partial charge in [0.05, 0.1) is 15.6 Å². The third-order valence-electron chi connectivity index (χ3n) is 6.55. The van der Waals surface area contributed by atoms with Crippen LogP contribution in [0.5, 0.6) is 0 Å². The predicted molar refractivity (Wildman–Crippen MR) is 95.1 cm³/mol. The molecule has 0 radical (unpaired) electrons. The van der Waals surface area contributed by atoms with E-state index in [1.165, 1.54) is 36.7 Å². The molecule has 0 atom stereocenters. The molecular weight excluding hydrogens is 337 g/mol. The van der Waals surface area contributed by atoms with Gasteiger partial charge < -0.3 is 4.57 Å². The molecule has 4 saturated carbocycles. The van der Waals surface area contributed by atoms with Crippen LogP contribution < -0.4 is 10.2 Å². The zero-order valence-electron chi connectivity index (χ0n) is 14.3. The monoisotopic (exact) mass is 359 g/mol. The van der Waals surface area contributed by atoms with Crippen LogP contribution in [0.25, 0.3) is 10.2 Å². The average Bonchev–Trinajstić information content (AvgIpc) is 2.89. The van der Waals surface area contributed by atoms with Crippen LogP contribution in [0, 0.1) is 29.0 Å². The van der Waals surface area contributed by atoms with E-state index in [2.05, 4.69) is 10.5 Å². The highest BCUT2D eigenvalue weighted by atomic mass is 32.1. The SMILES string of the molecule is Cn1/c(=N\NC(=O)C23CC4CC(CC(C4)C2)C3)sc2cccc(F)c21. The van der Waals surface area contributed by atoms with Crippen LogP contribution in [0.3, 0.4) is 0 Å². The third kappa shape index (κ3) is 2.37. The number of thiazole rings is 1. The summed E-state index contributed by atoms with van der Waals surface area (Å²) in [5.74, 6) is 2.00. The van der Waals surface area contributed by atoms with Crippen molar-refractivity contribution in [3.8, 4) is 0 Å². The molecule has 4 fully saturated rings. The Morgan fingerprint density at radius 3 is 2.48 bits per heavy atom. The lowest BCUT2D eigenvalue weighted by Crippen LogP contribution is -2.53. The second-order valence-electron chi connectivity index (χ2n) is 8.28. The fourth-order valence-electron chi connectivity index (χ4n) is 5.87. The summed E-state index contributed by atoms with van der Waals surface area (Å²) in [6.07, 6.45) is 7.01. The zero-order chi connectivity index (χ0) is 17.2. The van der Waals surface area contributed by atoms with Crippen molar-refractivity contribution in [2.75, 3.05) is 0 Å². The van der Waals surface area contributed by atoms with Crippen LogP contribution in [-0.4, -0.2) is 10.5 Å². The highest BCUT2D eigenvalue weighted by molar-refractivity contribution is 7.16. The number of carbonyl (C=O) groups excluding carboxylic acids is 1. The van der Waals surface area contributed by atoms with Gasteiger partial charge in [0, 0.05) is 7.05 Å². The van der Waals surface area contributed by atoms with Gasteiger partial charge in [-0.3, -0.25) is 4.79 Å². The number of benzene rings is 1. The lowest BCUT2D eigenvalue weighted by atomic mass is 9.49. The van der Waals surface area contributed by atoms with Crippen molar-refractivity contribution in [3.05, 3.63) is 28.8 Å². The maximum absolute atomic E-state index is 14.0. The van der Waals surface area contributed by atoms with Gasteiger partial charge in [0.2, 0.25) is 10.7 Å². The number of amides is 1. The van der Waals surface area contributed by atoms with Crippen molar-refractivity contribution in [3.63, 3.8) is 0 Å². The van der Waals surface area contributed by atoms with E-state index >= 15 is 0 Å². The summed E-state index contributed by atoms with van der Waals surface area (Å²) < 4.78 is 16.6. The summed E-state index contributed by atoms with van der Waals surface area (Å²) in [5, 5.41) is 4.36. The topological polar surface area (TPSA) is 46.4 Å². The number of nitrogens with zero attached hydrogens (tertiary/aromatic N) is 2. The van der Waals surface area contributed by atoms with Gasteiger partial charge in [0.15, 0.2) is 0 Å². The molecule has 132 valence electrons. The van der Waals surface area contributed by atoms with Gasteiger partial charge in [-0.2, -0.15) is 0 Å². The Labute approximate surface area is 149 Å². The van der Waals surface area contributed by atoms with Crippen LogP contribution in [-0.2, 0) is 11.8 Å². The lowest BCUT2D eigenvalue weighted by molar-refractivity contribution is -0.146. The summed E-state index contributed by atoms with van der Waals surface area (Å²) in [6, 6.07) is 5.03. The third-order valence-corrected chi connectivity index (χ3v) is 7.64. The van der Waals surface area contributed by atoms with E-state index in [0.717, 1.165) is 41.7 Å². The van der Waals surface area contributed by atoms with Crippen LogP contribution in [0.2, 0.25) is 0 Å². The highest BCUT2D eigenvalue weighted by Crippen LogP contribution is 2.60. The van der Waals surface area contributed by atoms with Crippen molar-refractivity contribution in [2.24, 2.45) is 35.3 Å². The predicted octanol–water partition coefficient (Wildman–Crippen LogP) is 3.53. The quantitative estimate of drug-likeness (QED) is 0.819. The molecule has 0 saturated heterocycles. The Hall–Kier alpha value is -1.69. The van der Waals surface area contributed by atoms with Crippen molar-refractivity contribution >= 4 is 27.5 Å². The maximum Gasteiger partial charge on any atom is 0.246 e. The molecule has 2 aromatic rings. The molecule has 1 N–H and O–H groups in total. The number of rotatable bonds is 2. The van der Waals surface area contributed by atoms with E-state index in [1.54, 1.807) is 17.7 Å². The van der Waals surface area contributed by atoms with E-state index < -0.39 is 0 Å². The number of hydrogen-bond donors (Lipinski definition) is 1. The fraction of sp³-hybridized carbons (Fsp3) is 0.579. The molecule has 0 unspecified atom stereocenters. The molecular formula is C19H22FN3OS.